The maximum atomic E-state index is 12.2. The zero-order valence-electron chi connectivity index (χ0n) is 9.89. The Kier molecular flexibility index (Phi) is 3.99. The third kappa shape index (κ3) is 3.74. The summed E-state index contributed by atoms with van der Waals surface area (Å²) in [5, 5.41) is 8.73. The van der Waals surface area contributed by atoms with Crippen LogP contribution in [0.15, 0.2) is 47.6 Å². The second-order valence-electron chi connectivity index (χ2n) is 3.82. The minimum absolute atomic E-state index is 0.108. The van der Waals surface area contributed by atoms with Gasteiger partial charge in [-0.2, -0.15) is 13.2 Å². The van der Waals surface area contributed by atoms with Crippen molar-refractivity contribution in [2.24, 2.45) is 0 Å². The van der Waals surface area contributed by atoms with Crippen LogP contribution in [0.25, 0.3) is 11.1 Å². The minimum Gasteiger partial charge on any atom is -0.478 e. The summed E-state index contributed by atoms with van der Waals surface area (Å²) >= 11 is -0.293. The lowest BCUT2D eigenvalue weighted by atomic mass is 10.1. The van der Waals surface area contributed by atoms with E-state index in [0.29, 0.717) is 11.1 Å². The van der Waals surface area contributed by atoms with Crippen molar-refractivity contribution in [2.75, 3.05) is 0 Å². The Morgan fingerprint density at radius 2 is 1.90 bits per heavy atom. The number of hydrogen-bond donors (Lipinski definition) is 1. The zero-order chi connectivity index (χ0) is 14.8. The van der Waals surface area contributed by atoms with E-state index in [0.717, 1.165) is 0 Å². The highest BCUT2D eigenvalue weighted by Gasteiger charge is 2.29. The molecule has 0 spiro atoms. The fourth-order valence-corrected chi connectivity index (χ4v) is 2.04. The number of halogens is 3. The van der Waals surface area contributed by atoms with Gasteiger partial charge >= 0.3 is 11.5 Å². The molecule has 0 unspecified atom stereocenters. The first-order valence-corrected chi connectivity index (χ1v) is 6.22. The van der Waals surface area contributed by atoms with Crippen LogP contribution in [0.1, 0.15) is 10.4 Å². The molecule has 0 atom stereocenters. The van der Waals surface area contributed by atoms with Crippen molar-refractivity contribution >= 4 is 17.7 Å². The van der Waals surface area contributed by atoms with Crippen LogP contribution in [-0.2, 0) is 0 Å². The molecule has 104 valence electrons. The Balaban J connectivity index is 2.26. The molecule has 0 saturated carbocycles. The van der Waals surface area contributed by atoms with E-state index >= 15 is 0 Å². The molecule has 0 radical (unpaired) electrons. The number of nitrogens with zero attached hydrogens (tertiary/aromatic N) is 1. The van der Waals surface area contributed by atoms with E-state index in [1.54, 1.807) is 12.1 Å². The molecular weight excluding hydrogens is 291 g/mol. The second kappa shape index (κ2) is 5.54. The summed E-state index contributed by atoms with van der Waals surface area (Å²) in [5.41, 5.74) is -3.13. The summed E-state index contributed by atoms with van der Waals surface area (Å²) in [6, 6.07) is 8.84. The number of alkyl halides is 3. The van der Waals surface area contributed by atoms with Crippen molar-refractivity contribution in [3.05, 3.63) is 48.2 Å². The van der Waals surface area contributed by atoms with Crippen molar-refractivity contribution in [1.29, 1.82) is 0 Å². The van der Waals surface area contributed by atoms with Crippen molar-refractivity contribution in [1.82, 2.24) is 4.98 Å². The summed E-state index contributed by atoms with van der Waals surface area (Å²) in [6.45, 7) is 0. The number of carbonyl (C=O) groups is 1. The average molecular weight is 299 g/mol. The van der Waals surface area contributed by atoms with Crippen LogP contribution >= 0.6 is 11.8 Å². The van der Waals surface area contributed by atoms with Crippen LogP contribution in [0.4, 0.5) is 13.2 Å². The molecular formula is C13H8F3NO2S. The first-order chi connectivity index (χ1) is 9.35. The van der Waals surface area contributed by atoms with Gasteiger partial charge in [0.1, 0.15) is 5.03 Å². The number of carboxylic acid groups (broad SMARTS) is 1. The van der Waals surface area contributed by atoms with Crippen LogP contribution in [0.2, 0.25) is 0 Å². The smallest absolute Gasteiger partial charge is 0.447 e. The lowest BCUT2D eigenvalue weighted by molar-refractivity contribution is -0.0329. The predicted octanol–water partition coefficient (Wildman–Crippen LogP) is 4.06. The third-order valence-corrected chi connectivity index (χ3v) is 3.08. The quantitative estimate of drug-likeness (QED) is 0.868. The van der Waals surface area contributed by atoms with E-state index in [-0.39, 0.29) is 22.4 Å². The molecule has 20 heavy (non-hydrogen) atoms. The van der Waals surface area contributed by atoms with E-state index < -0.39 is 11.5 Å². The van der Waals surface area contributed by atoms with Crippen molar-refractivity contribution in [3.8, 4) is 11.1 Å². The highest BCUT2D eigenvalue weighted by atomic mass is 32.2. The zero-order valence-corrected chi connectivity index (χ0v) is 10.7. The van der Waals surface area contributed by atoms with E-state index in [1.165, 1.54) is 30.5 Å². The Bertz CT molecular complexity index is 626. The van der Waals surface area contributed by atoms with E-state index in [4.69, 9.17) is 5.11 Å². The van der Waals surface area contributed by atoms with Gasteiger partial charge in [-0.25, -0.2) is 9.78 Å². The number of aromatic nitrogens is 1. The number of benzene rings is 1. The Hall–Kier alpha value is -2.02. The van der Waals surface area contributed by atoms with E-state index in [9.17, 15) is 18.0 Å². The van der Waals surface area contributed by atoms with Gasteiger partial charge in [0.25, 0.3) is 0 Å². The molecule has 0 fully saturated rings. The van der Waals surface area contributed by atoms with Gasteiger partial charge in [-0.1, -0.05) is 18.2 Å². The van der Waals surface area contributed by atoms with Gasteiger partial charge in [0, 0.05) is 23.5 Å². The Labute approximate surface area is 116 Å². The van der Waals surface area contributed by atoms with Gasteiger partial charge in [0.05, 0.1) is 5.56 Å². The molecule has 3 nitrogen and oxygen atoms in total. The SMILES string of the molecule is O=C(O)c1cccc(-c2ccc(SC(F)(F)F)nc2)c1. The summed E-state index contributed by atoms with van der Waals surface area (Å²) < 4.78 is 36.5. The minimum atomic E-state index is -4.38. The molecule has 7 heteroatoms. The van der Waals surface area contributed by atoms with Crippen LogP contribution in [0.3, 0.4) is 0 Å². The summed E-state index contributed by atoms with van der Waals surface area (Å²) in [5.74, 6) is -1.07. The molecule has 1 aromatic carbocycles. The topological polar surface area (TPSA) is 50.2 Å². The number of carboxylic acids is 1. The maximum Gasteiger partial charge on any atom is 0.447 e. The number of thioether (sulfide) groups is 1. The highest BCUT2D eigenvalue weighted by Crippen LogP contribution is 2.36. The molecule has 2 aromatic rings. The summed E-state index contributed by atoms with van der Waals surface area (Å²) in [7, 11) is 0. The molecule has 0 amide bonds. The summed E-state index contributed by atoms with van der Waals surface area (Å²) in [6.07, 6.45) is 1.29. The molecule has 0 aliphatic heterocycles. The molecule has 1 heterocycles. The number of pyridine rings is 1. The largest absolute Gasteiger partial charge is 0.478 e. The molecule has 1 aromatic heterocycles. The first kappa shape index (κ1) is 14.4. The predicted molar refractivity (Wildman–Crippen MR) is 68.5 cm³/mol. The highest BCUT2D eigenvalue weighted by molar-refractivity contribution is 8.00. The molecule has 0 saturated heterocycles. The van der Waals surface area contributed by atoms with Crippen molar-refractivity contribution in [3.63, 3.8) is 0 Å². The van der Waals surface area contributed by atoms with E-state index in [1.807, 2.05) is 0 Å². The maximum absolute atomic E-state index is 12.2. The number of rotatable bonds is 3. The Morgan fingerprint density at radius 3 is 2.45 bits per heavy atom. The molecule has 1 N–H and O–H groups in total. The van der Waals surface area contributed by atoms with Gasteiger partial charge in [-0.3, -0.25) is 0 Å². The molecule has 0 aliphatic carbocycles. The van der Waals surface area contributed by atoms with Crippen molar-refractivity contribution < 1.29 is 23.1 Å². The van der Waals surface area contributed by atoms with Crippen LogP contribution < -0.4 is 0 Å². The lowest BCUT2D eigenvalue weighted by Crippen LogP contribution is -2.00. The van der Waals surface area contributed by atoms with Crippen LogP contribution in [0, 0.1) is 0 Å². The molecule has 0 aliphatic rings. The van der Waals surface area contributed by atoms with Gasteiger partial charge in [-0.05, 0) is 23.8 Å². The van der Waals surface area contributed by atoms with E-state index in [2.05, 4.69) is 4.98 Å². The molecule has 0 bridgehead atoms. The van der Waals surface area contributed by atoms with Gasteiger partial charge in [-0.15, -0.1) is 0 Å². The Morgan fingerprint density at radius 1 is 1.15 bits per heavy atom. The normalized spacial score (nSPS) is 11.3. The lowest BCUT2D eigenvalue weighted by Gasteiger charge is -2.06. The molecule has 2 rings (SSSR count). The van der Waals surface area contributed by atoms with Gasteiger partial charge < -0.3 is 5.11 Å². The van der Waals surface area contributed by atoms with Crippen molar-refractivity contribution in [2.45, 2.75) is 10.5 Å². The first-order valence-electron chi connectivity index (χ1n) is 5.41. The third-order valence-electron chi connectivity index (χ3n) is 2.40. The average Bonchev–Trinajstić information content (AvgIpc) is 2.38. The van der Waals surface area contributed by atoms with Crippen LogP contribution in [-0.4, -0.2) is 21.6 Å². The number of hydrogen-bond acceptors (Lipinski definition) is 3. The number of aromatic carboxylic acids is 1. The second-order valence-corrected chi connectivity index (χ2v) is 4.90. The fourth-order valence-electron chi connectivity index (χ4n) is 1.56. The summed E-state index contributed by atoms with van der Waals surface area (Å²) in [4.78, 5) is 14.6. The monoisotopic (exact) mass is 299 g/mol. The van der Waals surface area contributed by atoms with Crippen LogP contribution in [0.5, 0.6) is 0 Å². The van der Waals surface area contributed by atoms with Gasteiger partial charge in [0.15, 0.2) is 0 Å². The van der Waals surface area contributed by atoms with Gasteiger partial charge in [0.2, 0.25) is 0 Å². The fraction of sp³-hybridized carbons (Fsp3) is 0.0769. The standard InChI is InChI=1S/C13H8F3NO2S/c14-13(15,16)20-11-5-4-10(7-17-11)8-2-1-3-9(6-8)12(18)19/h1-7H,(H,18,19).